The number of amides is 4. The van der Waals surface area contributed by atoms with Crippen LogP contribution in [0.5, 0.6) is 0 Å². The fourth-order valence-electron chi connectivity index (χ4n) is 4.22. The standard InChI is InChI=1S/C31H46N6O8/c1-20(2)15-24(37-30(43)45-31(3,4)5)26(38)36-25(16-22-17-32-19-34-22)27(39)35-23(28(40)41)13-9-10-14-33-29(42)44-18-21-11-7-6-8-12-21/h6-8,11-12,17,19-20,23-25H,9-10,13-16,18H2,1-5H3,(H,32,34)(H,33,42)(H,35,39)(H,36,38)(H,37,43)(H,40,41)/t23-,24-,25-/m0/s1. The molecule has 0 spiro atoms. The second-order valence-corrected chi connectivity index (χ2v) is 12.1. The number of unbranched alkanes of at least 4 members (excludes halogenated alkanes) is 1. The minimum atomic E-state index is -1.24. The van der Waals surface area contributed by atoms with E-state index in [1.807, 2.05) is 44.2 Å². The summed E-state index contributed by atoms with van der Waals surface area (Å²) in [6.07, 6.45) is 2.73. The van der Waals surface area contributed by atoms with E-state index < -0.39 is 53.7 Å². The Kier molecular flexibility index (Phi) is 14.8. The molecular formula is C31H46N6O8. The Morgan fingerprint density at radius 2 is 1.58 bits per heavy atom. The van der Waals surface area contributed by atoms with Gasteiger partial charge in [0.15, 0.2) is 0 Å². The van der Waals surface area contributed by atoms with Crippen molar-refractivity contribution in [2.75, 3.05) is 6.54 Å². The molecule has 2 aromatic rings. The summed E-state index contributed by atoms with van der Waals surface area (Å²) < 4.78 is 10.5. The van der Waals surface area contributed by atoms with Crippen molar-refractivity contribution in [1.82, 2.24) is 31.2 Å². The first-order valence-corrected chi connectivity index (χ1v) is 15.0. The number of hydrogen-bond donors (Lipinski definition) is 6. The first-order chi connectivity index (χ1) is 21.2. The lowest BCUT2D eigenvalue weighted by Gasteiger charge is -2.26. The molecule has 14 nitrogen and oxygen atoms in total. The number of carboxylic acid groups (broad SMARTS) is 1. The molecule has 0 aliphatic heterocycles. The highest BCUT2D eigenvalue weighted by molar-refractivity contribution is 5.93. The second kappa shape index (κ2) is 18.2. The monoisotopic (exact) mass is 630 g/mol. The molecule has 248 valence electrons. The number of carbonyl (C=O) groups is 5. The fourth-order valence-corrected chi connectivity index (χ4v) is 4.22. The summed E-state index contributed by atoms with van der Waals surface area (Å²) >= 11 is 0. The Hall–Kier alpha value is -4.62. The quantitative estimate of drug-likeness (QED) is 0.142. The van der Waals surface area contributed by atoms with Gasteiger partial charge in [0.1, 0.15) is 30.3 Å². The van der Waals surface area contributed by atoms with Crippen LogP contribution >= 0.6 is 0 Å². The van der Waals surface area contributed by atoms with Gasteiger partial charge in [-0.3, -0.25) is 9.59 Å². The Bertz CT molecular complexity index is 1230. The van der Waals surface area contributed by atoms with Crippen LogP contribution in [0.3, 0.4) is 0 Å². The molecule has 1 aromatic carbocycles. The maximum atomic E-state index is 13.3. The van der Waals surface area contributed by atoms with Gasteiger partial charge in [0, 0.05) is 24.9 Å². The van der Waals surface area contributed by atoms with Crippen molar-refractivity contribution in [3.8, 4) is 0 Å². The number of benzene rings is 1. The zero-order valence-corrected chi connectivity index (χ0v) is 26.6. The molecule has 0 aliphatic carbocycles. The zero-order valence-electron chi connectivity index (χ0n) is 26.6. The summed E-state index contributed by atoms with van der Waals surface area (Å²) in [7, 11) is 0. The summed E-state index contributed by atoms with van der Waals surface area (Å²) in [5.74, 6) is -2.55. The van der Waals surface area contributed by atoms with E-state index in [-0.39, 0.29) is 38.3 Å². The third-order valence-electron chi connectivity index (χ3n) is 6.34. The molecule has 3 atom stereocenters. The molecule has 0 saturated carbocycles. The Balaban J connectivity index is 1.96. The van der Waals surface area contributed by atoms with Crippen molar-refractivity contribution in [2.24, 2.45) is 5.92 Å². The van der Waals surface area contributed by atoms with Crippen LogP contribution < -0.4 is 21.3 Å². The smallest absolute Gasteiger partial charge is 0.408 e. The number of aromatic nitrogens is 2. The van der Waals surface area contributed by atoms with Gasteiger partial charge in [-0.1, -0.05) is 44.2 Å². The Labute approximate surface area is 263 Å². The number of H-pyrrole nitrogens is 1. The minimum Gasteiger partial charge on any atom is -0.480 e. The topological polar surface area (TPSA) is 201 Å². The summed E-state index contributed by atoms with van der Waals surface area (Å²) in [5, 5.41) is 20.1. The predicted molar refractivity (Wildman–Crippen MR) is 165 cm³/mol. The molecule has 14 heteroatoms. The molecule has 6 N–H and O–H groups in total. The molecule has 0 fully saturated rings. The van der Waals surface area contributed by atoms with Gasteiger partial charge in [-0.2, -0.15) is 0 Å². The van der Waals surface area contributed by atoms with E-state index in [0.29, 0.717) is 18.5 Å². The molecule has 0 unspecified atom stereocenters. The van der Waals surface area contributed by atoms with Crippen LogP contribution in [0.4, 0.5) is 9.59 Å². The minimum absolute atomic E-state index is 0.000237. The van der Waals surface area contributed by atoms with Crippen LogP contribution in [-0.2, 0) is 36.9 Å². The molecule has 0 saturated heterocycles. The molecule has 4 amide bonds. The summed E-state index contributed by atoms with van der Waals surface area (Å²) in [4.78, 5) is 69.8. The summed E-state index contributed by atoms with van der Waals surface area (Å²) in [5.41, 5.74) is 0.608. The molecular weight excluding hydrogens is 584 g/mol. The zero-order chi connectivity index (χ0) is 33.4. The van der Waals surface area contributed by atoms with Gasteiger partial charge in [-0.25, -0.2) is 19.4 Å². The molecule has 2 rings (SSSR count). The normalized spacial score (nSPS) is 13.2. The highest BCUT2D eigenvalue weighted by atomic mass is 16.6. The highest BCUT2D eigenvalue weighted by Gasteiger charge is 2.31. The number of alkyl carbamates (subject to hydrolysis) is 2. The number of rotatable bonds is 17. The molecule has 1 heterocycles. The fraction of sp³-hybridized carbons (Fsp3) is 0.548. The van der Waals surface area contributed by atoms with E-state index in [9.17, 15) is 29.1 Å². The average molecular weight is 631 g/mol. The number of aromatic amines is 1. The van der Waals surface area contributed by atoms with E-state index in [1.54, 1.807) is 20.8 Å². The van der Waals surface area contributed by atoms with Crippen molar-refractivity contribution in [1.29, 1.82) is 0 Å². The molecule has 0 radical (unpaired) electrons. The van der Waals surface area contributed by atoms with E-state index in [0.717, 1.165) is 5.56 Å². The van der Waals surface area contributed by atoms with Crippen LogP contribution in [0, 0.1) is 5.92 Å². The third-order valence-corrected chi connectivity index (χ3v) is 6.34. The SMILES string of the molecule is CC(C)C[C@H](NC(=O)OC(C)(C)C)C(=O)N[C@@H](Cc1cnc[nH]1)C(=O)N[C@@H](CCCCNC(=O)OCc1ccccc1)C(=O)O. The van der Waals surface area contributed by atoms with Gasteiger partial charge >= 0.3 is 18.2 Å². The Morgan fingerprint density at radius 3 is 2.18 bits per heavy atom. The van der Waals surface area contributed by atoms with Crippen LogP contribution in [0.1, 0.15) is 71.6 Å². The van der Waals surface area contributed by atoms with Gasteiger partial charge in [0.2, 0.25) is 11.8 Å². The van der Waals surface area contributed by atoms with Crippen LogP contribution in [0.15, 0.2) is 42.9 Å². The first-order valence-electron chi connectivity index (χ1n) is 15.0. The average Bonchev–Trinajstić information content (AvgIpc) is 3.47. The van der Waals surface area contributed by atoms with Crippen molar-refractivity contribution >= 4 is 30.0 Å². The Morgan fingerprint density at radius 1 is 0.911 bits per heavy atom. The lowest BCUT2D eigenvalue weighted by Crippen LogP contribution is -2.57. The van der Waals surface area contributed by atoms with E-state index in [2.05, 4.69) is 31.2 Å². The number of hydrogen-bond acceptors (Lipinski definition) is 8. The van der Waals surface area contributed by atoms with Gasteiger partial charge in [-0.05, 0) is 57.9 Å². The molecule has 1 aromatic heterocycles. The van der Waals surface area contributed by atoms with Crippen LogP contribution in [-0.4, -0.2) is 75.3 Å². The van der Waals surface area contributed by atoms with Crippen molar-refractivity contribution in [3.05, 3.63) is 54.1 Å². The highest BCUT2D eigenvalue weighted by Crippen LogP contribution is 2.11. The first kappa shape index (κ1) is 36.6. The number of ether oxygens (including phenoxy) is 2. The number of imidazole rings is 1. The van der Waals surface area contributed by atoms with Gasteiger partial charge in [0.25, 0.3) is 0 Å². The summed E-state index contributed by atoms with van der Waals surface area (Å²) in [6, 6.07) is 5.81. The second-order valence-electron chi connectivity index (χ2n) is 12.1. The maximum Gasteiger partial charge on any atom is 0.408 e. The van der Waals surface area contributed by atoms with Gasteiger partial charge in [0.05, 0.1) is 6.33 Å². The van der Waals surface area contributed by atoms with Crippen molar-refractivity contribution in [2.45, 2.75) is 97.1 Å². The number of aliphatic carboxylic acids is 1. The largest absolute Gasteiger partial charge is 0.480 e. The van der Waals surface area contributed by atoms with E-state index in [1.165, 1.54) is 12.5 Å². The van der Waals surface area contributed by atoms with Gasteiger partial charge in [-0.15, -0.1) is 0 Å². The molecule has 0 bridgehead atoms. The van der Waals surface area contributed by atoms with Crippen LogP contribution in [0.2, 0.25) is 0 Å². The van der Waals surface area contributed by atoms with E-state index >= 15 is 0 Å². The van der Waals surface area contributed by atoms with E-state index in [4.69, 9.17) is 9.47 Å². The lowest BCUT2D eigenvalue weighted by molar-refractivity contribution is -0.142. The molecule has 45 heavy (non-hydrogen) atoms. The predicted octanol–water partition coefficient (Wildman–Crippen LogP) is 3.04. The number of carboxylic acids is 1. The van der Waals surface area contributed by atoms with Crippen molar-refractivity contribution < 1.29 is 38.6 Å². The maximum absolute atomic E-state index is 13.3. The number of carbonyl (C=O) groups excluding carboxylic acids is 4. The van der Waals surface area contributed by atoms with Crippen LogP contribution in [0.25, 0.3) is 0 Å². The van der Waals surface area contributed by atoms with Crippen molar-refractivity contribution in [3.63, 3.8) is 0 Å². The number of nitrogens with one attached hydrogen (secondary N) is 5. The third kappa shape index (κ3) is 15.1. The summed E-state index contributed by atoms with van der Waals surface area (Å²) in [6.45, 7) is 9.25. The molecule has 0 aliphatic rings. The van der Waals surface area contributed by atoms with Gasteiger partial charge < -0.3 is 40.8 Å². The number of nitrogens with zero attached hydrogens (tertiary/aromatic N) is 1. The lowest BCUT2D eigenvalue weighted by atomic mass is 10.0.